The van der Waals surface area contributed by atoms with E-state index < -0.39 is 36.5 Å². The third-order valence-corrected chi connectivity index (χ3v) is 5.42. The second-order valence-corrected chi connectivity index (χ2v) is 9.57. The number of ether oxygens (including phenoxy) is 2. The Morgan fingerprint density at radius 3 is 2.37 bits per heavy atom. The largest absolute Gasteiger partial charge is 0.497 e. The fourth-order valence-corrected chi connectivity index (χ4v) is 3.03. The van der Waals surface area contributed by atoms with Gasteiger partial charge in [0, 0.05) is 17.7 Å². The maximum Gasteiger partial charge on any atom is 0.497 e. The monoisotopic (exact) mass is 415 g/mol. The van der Waals surface area contributed by atoms with Crippen molar-refractivity contribution in [3.05, 3.63) is 35.7 Å². The van der Waals surface area contributed by atoms with Crippen molar-refractivity contribution in [1.82, 2.24) is 0 Å². The Morgan fingerprint density at radius 1 is 1.17 bits per heavy atom. The Hall–Kier alpha value is -2.12. The molecule has 0 amide bonds. The van der Waals surface area contributed by atoms with E-state index in [9.17, 15) is 9.18 Å². The van der Waals surface area contributed by atoms with Crippen LogP contribution in [0.2, 0.25) is 0 Å². The van der Waals surface area contributed by atoms with Crippen LogP contribution in [0.4, 0.5) is 9.18 Å². The second kappa shape index (κ2) is 7.85. The SMILES string of the molecule is CC(C)(C)OC(=O)B1C=NC=C1COc1ccc(B2OC(C)(C)C(C)(C)O2)c(F)c1. The molecule has 9 heteroatoms. The fraction of sp³-hybridized carbons (Fsp3) is 0.524. The number of halogens is 1. The third kappa shape index (κ3) is 4.78. The van der Waals surface area contributed by atoms with Crippen molar-refractivity contribution in [2.45, 2.75) is 65.3 Å². The first kappa shape index (κ1) is 22.6. The van der Waals surface area contributed by atoms with Crippen molar-refractivity contribution < 1.29 is 28.0 Å². The van der Waals surface area contributed by atoms with Crippen LogP contribution < -0.4 is 10.2 Å². The number of nitrogens with zero attached hydrogens (tertiary/aromatic N) is 1. The molecule has 1 fully saturated rings. The number of carbonyl (C=O) groups is 1. The van der Waals surface area contributed by atoms with Gasteiger partial charge in [-0.2, -0.15) is 0 Å². The number of rotatable bonds is 5. The highest BCUT2D eigenvalue weighted by atomic mass is 19.1. The summed E-state index contributed by atoms with van der Waals surface area (Å²) in [5.74, 6) is -0.532. The minimum Gasteiger partial charge on any atom is -0.490 e. The van der Waals surface area contributed by atoms with Crippen molar-refractivity contribution in [3.63, 3.8) is 0 Å². The Bertz CT molecular complexity index is 876. The lowest BCUT2D eigenvalue weighted by molar-refractivity contribution is 0.00578. The maximum absolute atomic E-state index is 14.7. The normalized spacial score (nSPS) is 19.8. The van der Waals surface area contributed by atoms with Crippen LogP contribution in [0.15, 0.2) is 34.9 Å². The van der Waals surface area contributed by atoms with Crippen molar-refractivity contribution in [2.24, 2.45) is 4.99 Å². The number of aliphatic imine (C=N–C) groups is 1. The molecule has 1 aromatic rings. The highest BCUT2D eigenvalue weighted by molar-refractivity contribution is 7.12. The molecule has 0 unspecified atom stereocenters. The highest BCUT2D eigenvalue weighted by Crippen LogP contribution is 2.36. The Kier molecular flexibility index (Phi) is 5.91. The summed E-state index contributed by atoms with van der Waals surface area (Å²) < 4.78 is 37.7. The van der Waals surface area contributed by atoms with E-state index in [0.717, 1.165) is 0 Å². The van der Waals surface area contributed by atoms with Crippen LogP contribution in [0.25, 0.3) is 0 Å². The molecule has 0 aromatic heterocycles. The van der Waals surface area contributed by atoms with E-state index >= 15 is 0 Å². The third-order valence-electron chi connectivity index (χ3n) is 5.42. The summed E-state index contributed by atoms with van der Waals surface area (Å²) in [6.07, 6.45) is 3.10. The standard InChI is InChI=1S/C21H28B2FNO5/c1-19(2,3)28-18(26)22-13-25-11-14(22)12-27-15-8-9-16(17(24)10-15)23-29-20(4,5)21(6,7)30-23/h8-11,13H,12H2,1-7H3. The molecule has 2 aliphatic heterocycles. The Morgan fingerprint density at radius 2 is 1.80 bits per heavy atom. The zero-order chi connectivity index (χ0) is 22.3. The molecule has 160 valence electrons. The van der Waals surface area contributed by atoms with Crippen molar-refractivity contribution >= 4 is 31.3 Å². The summed E-state index contributed by atoms with van der Waals surface area (Å²) in [5.41, 5.74) is -0.724. The van der Waals surface area contributed by atoms with Crippen LogP contribution in [0.3, 0.4) is 0 Å². The maximum atomic E-state index is 14.7. The highest BCUT2D eigenvalue weighted by Gasteiger charge is 2.52. The summed E-state index contributed by atoms with van der Waals surface area (Å²) >= 11 is 0. The van der Waals surface area contributed by atoms with Gasteiger partial charge in [-0.25, -0.2) is 4.39 Å². The number of hydrogen-bond acceptors (Lipinski definition) is 6. The van der Waals surface area contributed by atoms with Crippen LogP contribution in [0.5, 0.6) is 5.75 Å². The van der Waals surface area contributed by atoms with E-state index in [2.05, 4.69) is 4.99 Å². The predicted octanol–water partition coefficient (Wildman–Crippen LogP) is 3.56. The minimum atomic E-state index is -0.786. The van der Waals surface area contributed by atoms with Gasteiger partial charge in [-0.1, -0.05) is 6.07 Å². The van der Waals surface area contributed by atoms with Gasteiger partial charge in [-0.15, -0.1) is 0 Å². The first-order valence-corrected chi connectivity index (χ1v) is 10.0. The lowest BCUT2D eigenvalue weighted by Gasteiger charge is -2.32. The first-order valence-electron chi connectivity index (χ1n) is 10.0. The molecule has 0 atom stereocenters. The molecule has 2 aliphatic rings. The van der Waals surface area contributed by atoms with Crippen LogP contribution >= 0.6 is 0 Å². The quantitative estimate of drug-likeness (QED) is 0.689. The van der Waals surface area contributed by atoms with E-state index in [0.29, 0.717) is 16.7 Å². The molecular formula is C21H28B2FNO5. The van der Waals surface area contributed by atoms with Crippen molar-refractivity contribution in [3.8, 4) is 5.75 Å². The molecule has 0 radical (unpaired) electrons. The van der Waals surface area contributed by atoms with Gasteiger partial charge < -0.3 is 18.8 Å². The number of hydrogen-bond donors (Lipinski definition) is 0. The second-order valence-electron chi connectivity index (χ2n) is 9.57. The van der Waals surface area contributed by atoms with Gasteiger partial charge >= 0.3 is 13.8 Å². The molecular weight excluding hydrogens is 387 g/mol. The van der Waals surface area contributed by atoms with Crippen LogP contribution in [-0.2, 0) is 14.0 Å². The van der Waals surface area contributed by atoms with Gasteiger partial charge in [0.05, 0.1) is 11.2 Å². The van der Waals surface area contributed by atoms with Gasteiger partial charge in [0.15, 0.2) is 0 Å². The van der Waals surface area contributed by atoms with Crippen LogP contribution in [0, 0.1) is 5.82 Å². The van der Waals surface area contributed by atoms with Gasteiger partial charge in [-0.05, 0) is 66.1 Å². The summed E-state index contributed by atoms with van der Waals surface area (Å²) in [7, 11) is -0.786. The van der Waals surface area contributed by atoms with E-state index in [1.165, 1.54) is 12.2 Å². The van der Waals surface area contributed by atoms with Gasteiger partial charge in [-0.3, -0.25) is 9.79 Å². The molecule has 3 rings (SSSR count). The first-order chi connectivity index (χ1) is 13.8. The summed E-state index contributed by atoms with van der Waals surface area (Å²) in [5, 5.41) is 0. The predicted molar refractivity (Wildman–Crippen MR) is 116 cm³/mol. The van der Waals surface area contributed by atoms with E-state index in [1.54, 1.807) is 39.1 Å². The molecule has 6 nitrogen and oxygen atoms in total. The molecule has 2 heterocycles. The van der Waals surface area contributed by atoms with E-state index in [1.807, 2.05) is 27.7 Å². The molecule has 0 bridgehead atoms. The Labute approximate surface area is 178 Å². The summed E-state index contributed by atoms with van der Waals surface area (Å²) in [6, 6.07) is 4.54. The van der Waals surface area contributed by atoms with E-state index in [-0.39, 0.29) is 12.5 Å². The number of carbonyl (C=O) groups excluding carboxylic acids is 1. The minimum absolute atomic E-state index is 0.0964. The van der Waals surface area contributed by atoms with Crippen LogP contribution in [0.1, 0.15) is 48.5 Å². The Balaban J connectivity index is 1.64. The molecule has 0 saturated carbocycles. The van der Waals surface area contributed by atoms with Gasteiger partial charge in [0.25, 0.3) is 5.87 Å². The van der Waals surface area contributed by atoms with E-state index in [4.69, 9.17) is 18.8 Å². The summed E-state index contributed by atoms with van der Waals surface area (Å²) in [6.45, 7) is 12.6. The molecule has 1 aromatic carbocycles. The van der Waals surface area contributed by atoms with Gasteiger partial charge in [0.2, 0.25) is 0 Å². The van der Waals surface area contributed by atoms with Crippen molar-refractivity contribution in [1.29, 1.82) is 0 Å². The number of benzene rings is 1. The smallest absolute Gasteiger partial charge is 0.490 e. The molecule has 0 aliphatic carbocycles. The molecule has 0 spiro atoms. The fourth-order valence-electron chi connectivity index (χ4n) is 3.03. The lowest BCUT2D eigenvalue weighted by atomic mass is 9.46. The van der Waals surface area contributed by atoms with Crippen LogP contribution in [-0.4, -0.2) is 49.2 Å². The average Bonchev–Trinajstić information content (AvgIpc) is 3.13. The molecule has 1 saturated heterocycles. The lowest BCUT2D eigenvalue weighted by Crippen LogP contribution is -2.41. The topological polar surface area (TPSA) is 66.4 Å². The zero-order valence-electron chi connectivity index (χ0n) is 18.6. The average molecular weight is 415 g/mol. The zero-order valence-corrected chi connectivity index (χ0v) is 18.6. The molecule has 0 N–H and O–H groups in total. The van der Waals surface area contributed by atoms with Crippen molar-refractivity contribution in [2.75, 3.05) is 6.61 Å². The van der Waals surface area contributed by atoms with Gasteiger partial charge in [0.1, 0.15) is 23.8 Å². The molecule has 30 heavy (non-hydrogen) atoms. The summed E-state index contributed by atoms with van der Waals surface area (Å²) in [4.78, 5) is 16.4.